The van der Waals surface area contributed by atoms with Crippen LogP contribution >= 0.6 is 11.3 Å². The summed E-state index contributed by atoms with van der Waals surface area (Å²) in [4.78, 5) is 24.2. The minimum atomic E-state index is -0.0107. The van der Waals surface area contributed by atoms with Crippen molar-refractivity contribution in [1.29, 1.82) is 0 Å². The number of aromatic nitrogens is 4. The lowest BCUT2D eigenvalue weighted by Gasteiger charge is -2.24. The first-order valence-electron chi connectivity index (χ1n) is 7.43. The topological polar surface area (TPSA) is 63.9 Å². The number of hydrogen-bond donors (Lipinski definition) is 0. The maximum absolute atomic E-state index is 12.6. The molecule has 3 heterocycles. The van der Waals surface area contributed by atoms with E-state index in [2.05, 4.69) is 15.1 Å². The average molecular weight is 329 g/mol. The van der Waals surface area contributed by atoms with E-state index < -0.39 is 0 Å². The van der Waals surface area contributed by atoms with Crippen LogP contribution in [0.15, 0.2) is 24.5 Å². The van der Waals surface area contributed by atoms with Crippen molar-refractivity contribution in [2.24, 2.45) is 0 Å². The molecule has 0 saturated carbocycles. The zero-order valence-corrected chi connectivity index (χ0v) is 14.5. The fraction of sp³-hybridized carbons (Fsp3) is 0.375. The number of rotatable bonds is 4. The minimum absolute atomic E-state index is 0.00129. The molecule has 0 spiro atoms. The summed E-state index contributed by atoms with van der Waals surface area (Å²) in [7, 11) is 1.82. The maximum atomic E-state index is 12.6. The van der Waals surface area contributed by atoms with Crippen molar-refractivity contribution in [3.05, 3.63) is 40.1 Å². The number of carbonyl (C=O) groups excluding carboxylic acids is 1. The van der Waals surface area contributed by atoms with Gasteiger partial charge in [-0.2, -0.15) is 5.10 Å². The summed E-state index contributed by atoms with van der Waals surface area (Å²) in [6.07, 6.45) is 3.44. The van der Waals surface area contributed by atoms with E-state index in [1.54, 1.807) is 33.3 Å². The second-order valence-corrected chi connectivity index (χ2v) is 6.82. The highest BCUT2D eigenvalue weighted by Gasteiger charge is 2.22. The summed E-state index contributed by atoms with van der Waals surface area (Å²) < 4.78 is 1.64. The Hall–Kier alpha value is -2.28. The summed E-state index contributed by atoms with van der Waals surface area (Å²) in [6, 6.07) is 3.79. The lowest BCUT2D eigenvalue weighted by atomic mass is 10.2. The highest BCUT2D eigenvalue weighted by Crippen LogP contribution is 2.28. The van der Waals surface area contributed by atoms with Gasteiger partial charge in [0.05, 0.1) is 22.9 Å². The second-order valence-electron chi connectivity index (χ2n) is 5.58. The van der Waals surface area contributed by atoms with Gasteiger partial charge >= 0.3 is 0 Å². The number of amides is 1. The summed E-state index contributed by atoms with van der Waals surface area (Å²) in [5, 5.41) is 6.22. The summed E-state index contributed by atoms with van der Waals surface area (Å²) in [5.74, 6) is -0.00129. The zero-order chi connectivity index (χ0) is 16.6. The van der Waals surface area contributed by atoms with Gasteiger partial charge in [0.1, 0.15) is 6.54 Å². The average Bonchev–Trinajstić information content (AvgIpc) is 3.09. The van der Waals surface area contributed by atoms with E-state index in [-0.39, 0.29) is 18.5 Å². The first-order valence-corrected chi connectivity index (χ1v) is 8.25. The third-order valence-electron chi connectivity index (χ3n) is 3.98. The largest absolute Gasteiger partial charge is 0.337 e. The molecule has 1 atom stereocenters. The number of likely N-dealkylation sites (N-methyl/N-ethyl adjacent to an activating group) is 1. The van der Waals surface area contributed by atoms with Crippen LogP contribution in [0, 0.1) is 13.8 Å². The Morgan fingerprint density at radius 3 is 2.91 bits per heavy atom. The van der Waals surface area contributed by atoms with E-state index >= 15 is 0 Å². The van der Waals surface area contributed by atoms with Gasteiger partial charge in [0.15, 0.2) is 5.65 Å². The number of pyridine rings is 1. The lowest BCUT2D eigenvalue weighted by Crippen LogP contribution is -2.32. The van der Waals surface area contributed by atoms with Gasteiger partial charge in [-0.3, -0.25) is 4.79 Å². The monoisotopic (exact) mass is 329 g/mol. The zero-order valence-electron chi connectivity index (χ0n) is 13.6. The van der Waals surface area contributed by atoms with Gasteiger partial charge in [0, 0.05) is 23.5 Å². The molecule has 0 radical (unpaired) electrons. The third kappa shape index (κ3) is 2.96. The van der Waals surface area contributed by atoms with Crippen LogP contribution < -0.4 is 0 Å². The van der Waals surface area contributed by atoms with Crippen LogP contribution in [0.1, 0.15) is 28.5 Å². The highest BCUT2D eigenvalue weighted by molar-refractivity contribution is 7.11. The van der Waals surface area contributed by atoms with Crippen molar-refractivity contribution in [3.8, 4) is 0 Å². The van der Waals surface area contributed by atoms with Gasteiger partial charge in [-0.25, -0.2) is 14.6 Å². The lowest BCUT2D eigenvalue weighted by molar-refractivity contribution is -0.132. The Bertz CT molecular complexity index is 853. The number of nitrogens with zero attached hydrogens (tertiary/aromatic N) is 5. The van der Waals surface area contributed by atoms with Crippen LogP contribution in [-0.2, 0) is 11.3 Å². The standard InChI is InChI=1S/C16H19N5OS/c1-10-15(23-12(3)19-10)11(2)20(4)14(22)9-21-16-13(8-18-21)6-5-7-17-16/h5-8,11H,9H2,1-4H3. The van der Waals surface area contributed by atoms with Gasteiger partial charge in [0.2, 0.25) is 5.91 Å². The molecule has 0 aromatic carbocycles. The molecule has 23 heavy (non-hydrogen) atoms. The third-order valence-corrected chi connectivity index (χ3v) is 5.22. The van der Waals surface area contributed by atoms with E-state index in [0.29, 0.717) is 0 Å². The molecule has 0 fully saturated rings. The fourth-order valence-electron chi connectivity index (χ4n) is 2.59. The Kier molecular flexibility index (Phi) is 4.12. The van der Waals surface area contributed by atoms with Crippen LogP contribution in [0.5, 0.6) is 0 Å². The molecule has 3 aromatic rings. The molecule has 1 amide bonds. The predicted octanol–water partition coefficient (Wildman–Crippen LogP) is 2.72. The van der Waals surface area contributed by atoms with Gasteiger partial charge in [-0.05, 0) is 32.9 Å². The van der Waals surface area contributed by atoms with Crippen LogP contribution in [-0.4, -0.2) is 37.6 Å². The Morgan fingerprint density at radius 1 is 1.43 bits per heavy atom. The van der Waals surface area contributed by atoms with Gasteiger partial charge in [-0.15, -0.1) is 11.3 Å². The number of hydrogen-bond acceptors (Lipinski definition) is 5. The first kappa shape index (κ1) is 15.6. The van der Waals surface area contributed by atoms with E-state index in [1.165, 1.54) is 0 Å². The van der Waals surface area contributed by atoms with Crippen molar-refractivity contribution in [1.82, 2.24) is 24.6 Å². The quantitative estimate of drug-likeness (QED) is 0.738. The van der Waals surface area contributed by atoms with E-state index in [4.69, 9.17) is 0 Å². The van der Waals surface area contributed by atoms with Crippen molar-refractivity contribution < 1.29 is 4.79 Å². The molecule has 6 nitrogen and oxygen atoms in total. The molecule has 0 saturated heterocycles. The molecule has 0 N–H and O–H groups in total. The second kappa shape index (κ2) is 6.08. The Balaban J connectivity index is 1.78. The molecule has 0 aliphatic rings. The summed E-state index contributed by atoms with van der Waals surface area (Å²) >= 11 is 1.64. The Morgan fingerprint density at radius 2 is 2.22 bits per heavy atom. The van der Waals surface area contributed by atoms with Crippen molar-refractivity contribution in [3.63, 3.8) is 0 Å². The molecule has 0 aliphatic carbocycles. The van der Waals surface area contributed by atoms with Gasteiger partial charge in [0.25, 0.3) is 0 Å². The molecule has 0 bridgehead atoms. The number of fused-ring (bicyclic) bond motifs is 1. The molecule has 0 aliphatic heterocycles. The molecule has 7 heteroatoms. The van der Waals surface area contributed by atoms with Crippen LogP contribution in [0.3, 0.4) is 0 Å². The molecule has 3 rings (SSSR count). The number of thiazole rings is 1. The molecular formula is C16H19N5OS. The van der Waals surface area contributed by atoms with E-state index in [9.17, 15) is 4.79 Å². The fourth-order valence-corrected chi connectivity index (χ4v) is 3.62. The summed E-state index contributed by atoms with van der Waals surface area (Å²) in [5.41, 5.74) is 1.72. The molecule has 120 valence electrons. The van der Waals surface area contributed by atoms with Crippen LogP contribution in [0.2, 0.25) is 0 Å². The first-order chi connectivity index (χ1) is 11.0. The summed E-state index contributed by atoms with van der Waals surface area (Å²) in [6.45, 7) is 6.17. The van der Waals surface area contributed by atoms with Crippen LogP contribution in [0.4, 0.5) is 0 Å². The molecule has 1 unspecified atom stereocenters. The smallest absolute Gasteiger partial charge is 0.244 e. The van der Waals surface area contributed by atoms with Crippen molar-refractivity contribution in [2.75, 3.05) is 7.05 Å². The highest BCUT2D eigenvalue weighted by atomic mass is 32.1. The maximum Gasteiger partial charge on any atom is 0.244 e. The molecule has 3 aromatic heterocycles. The molecular weight excluding hydrogens is 310 g/mol. The van der Waals surface area contributed by atoms with E-state index in [1.807, 2.05) is 40.0 Å². The normalized spacial score (nSPS) is 12.5. The van der Waals surface area contributed by atoms with Crippen molar-refractivity contribution >= 4 is 28.3 Å². The SMILES string of the molecule is Cc1nc(C)c(C(C)N(C)C(=O)Cn2ncc3cccnc32)s1. The number of carbonyl (C=O) groups is 1. The van der Waals surface area contributed by atoms with Gasteiger partial charge < -0.3 is 4.90 Å². The van der Waals surface area contributed by atoms with Gasteiger partial charge in [-0.1, -0.05) is 0 Å². The minimum Gasteiger partial charge on any atom is -0.337 e. The van der Waals surface area contributed by atoms with E-state index in [0.717, 1.165) is 26.6 Å². The van der Waals surface area contributed by atoms with Crippen molar-refractivity contribution in [2.45, 2.75) is 33.4 Å². The number of aryl methyl sites for hydroxylation is 2. The van der Waals surface area contributed by atoms with Crippen LogP contribution in [0.25, 0.3) is 11.0 Å². The predicted molar refractivity (Wildman–Crippen MR) is 90.3 cm³/mol. The Labute approximate surface area is 138 Å².